The van der Waals surface area contributed by atoms with Crippen molar-refractivity contribution in [2.24, 2.45) is 0 Å². The van der Waals surface area contributed by atoms with Gasteiger partial charge >= 0.3 is 6.18 Å². The number of benzene rings is 1. The largest absolute Gasteiger partial charge is 0.493 e. The summed E-state index contributed by atoms with van der Waals surface area (Å²) < 4.78 is 52.6. The molecule has 2 atom stereocenters. The molecule has 248 valence electrons. The standard InChI is InChI=1S/C32H35F3N8O4/c1-3-47-24-14-19(31(45)39-25-15-21(8-9-37-25)32(33,34)35)5-7-23(24)27-28-29(36)38-10-11-42(28)30(40-27)20-4-6-22-17-41(12-13-46-2)18-26(44)43(22)16-20/h5,7-11,14-15,20,22H,3-4,6,12-13,16-18H2,1-2H3,(H2,36,38)(H,37,39,45). The van der Waals surface area contributed by atoms with Crippen LogP contribution in [-0.2, 0) is 15.7 Å². The third-order valence-electron chi connectivity index (χ3n) is 8.57. The third kappa shape index (κ3) is 6.58. The van der Waals surface area contributed by atoms with Gasteiger partial charge in [-0.15, -0.1) is 0 Å². The SMILES string of the molecule is CCOc1cc(C(=O)Nc2cc(C(F)(F)F)ccn2)ccc1-c1nc(C2CCC3CN(CCOC)CC(=O)N3C2)n2ccnc(N)c12. The molecule has 15 heteroatoms. The Bertz CT molecular complexity index is 1800. The van der Waals surface area contributed by atoms with Crippen LogP contribution in [0.2, 0.25) is 0 Å². The first-order valence-electron chi connectivity index (χ1n) is 15.3. The molecular weight excluding hydrogens is 617 g/mol. The van der Waals surface area contributed by atoms with Crippen LogP contribution >= 0.6 is 0 Å². The topological polar surface area (TPSA) is 140 Å². The molecule has 2 saturated heterocycles. The van der Waals surface area contributed by atoms with Gasteiger partial charge in [0.25, 0.3) is 5.91 Å². The van der Waals surface area contributed by atoms with E-state index in [4.69, 9.17) is 20.2 Å². The minimum atomic E-state index is -4.58. The Hall–Kier alpha value is -4.76. The number of anilines is 2. The predicted molar refractivity (Wildman–Crippen MR) is 167 cm³/mol. The van der Waals surface area contributed by atoms with Crippen LogP contribution in [0.3, 0.4) is 0 Å². The number of piperazine rings is 1. The Morgan fingerprint density at radius 3 is 2.72 bits per heavy atom. The number of amides is 2. The predicted octanol–water partition coefficient (Wildman–Crippen LogP) is 4.08. The number of pyridine rings is 1. The third-order valence-corrected chi connectivity index (χ3v) is 8.57. The van der Waals surface area contributed by atoms with Crippen LogP contribution in [0.4, 0.5) is 24.8 Å². The van der Waals surface area contributed by atoms with Crippen molar-refractivity contribution >= 4 is 29.0 Å². The number of aromatic nitrogens is 4. The van der Waals surface area contributed by atoms with Crippen molar-refractivity contribution in [1.29, 1.82) is 0 Å². The monoisotopic (exact) mass is 652 g/mol. The Morgan fingerprint density at radius 2 is 1.96 bits per heavy atom. The Labute approximate surface area is 268 Å². The molecule has 0 bridgehead atoms. The van der Waals surface area contributed by atoms with Crippen molar-refractivity contribution in [2.45, 2.75) is 37.9 Å². The van der Waals surface area contributed by atoms with Gasteiger partial charge in [0.15, 0.2) is 0 Å². The molecule has 12 nitrogen and oxygen atoms in total. The average Bonchev–Trinajstić information content (AvgIpc) is 3.44. The lowest BCUT2D eigenvalue weighted by atomic mass is 9.90. The van der Waals surface area contributed by atoms with Crippen LogP contribution in [0.1, 0.15) is 47.4 Å². The minimum absolute atomic E-state index is 0.0654. The van der Waals surface area contributed by atoms with Gasteiger partial charge in [-0.3, -0.25) is 18.9 Å². The zero-order chi connectivity index (χ0) is 33.3. The van der Waals surface area contributed by atoms with E-state index in [2.05, 4.69) is 20.2 Å². The second kappa shape index (κ2) is 13.2. The molecule has 2 aliphatic rings. The van der Waals surface area contributed by atoms with Gasteiger partial charge in [0.1, 0.15) is 34.4 Å². The molecule has 3 N–H and O–H groups in total. The van der Waals surface area contributed by atoms with Gasteiger partial charge in [-0.05, 0) is 50.1 Å². The highest BCUT2D eigenvalue weighted by Crippen LogP contribution is 2.39. The van der Waals surface area contributed by atoms with Gasteiger partial charge < -0.3 is 25.4 Å². The van der Waals surface area contributed by atoms with Crippen molar-refractivity contribution in [1.82, 2.24) is 29.2 Å². The number of fused-ring (bicyclic) bond motifs is 2. The number of alkyl halides is 3. The molecule has 0 saturated carbocycles. The van der Waals surface area contributed by atoms with Crippen molar-refractivity contribution in [3.05, 3.63) is 65.9 Å². The fourth-order valence-electron chi connectivity index (χ4n) is 6.33. The Kier molecular flexibility index (Phi) is 9.01. The van der Waals surface area contributed by atoms with E-state index in [1.807, 2.05) is 9.30 Å². The first kappa shape index (κ1) is 32.2. The number of methoxy groups -OCH3 is 1. The molecule has 3 aromatic heterocycles. The number of halogens is 3. The van der Waals surface area contributed by atoms with Crippen LogP contribution in [0, 0.1) is 0 Å². The van der Waals surface area contributed by atoms with Crippen LogP contribution in [0.25, 0.3) is 16.8 Å². The summed E-state index contributed by atoms with van der Waals surface area (Å²) in [5, 5.41) is 2.43. The summed E-state index contributed by atoms with van der Waals surface area (Å²) in [6, 6.07) is 6.42. The quantitative estimate of drug-likeness (QED) is 0.274. The minimum Gasteiger partial charge on any atom is -0.493 e. The molecule has 2 fully saturated rings. The first-order valence-corrected chi connectivity index (χ1v) is 15.3. The maximum Gasteiger partial charge on any atom is 0.416 e. The molecule has 2 unspecified atom stereocenters. The van der Waals surface area contributed by atoms with Crippen LogP contribution < -0.4 is 15.8 Å². The Balaban J connectivity index is 1.30. The van der Waals surface area contributed by atoms with E-state index in [-0.39, 0.29) is 41.7 Å². The molecule has 6 rings (SSSR count). The summed E-state index contributed by atoms with van der Waals surface area (Å²) in [5.41, 5.74) is 7.24. The van der Waals surface area contributed by atoms with E-state index >= 15 is 0 Å². The number of carbonyl (C=O) groups is 2. The van der Waals surface area contributed by atoms with E-state index in [1.54, 1.807) is 32.5 Å². The number of carbonyl (C=O) groups excluding carboxylic acids is 2. The number of nitrogens with one attached hydrogen (secondary N) is 1. The highest BCUT2D eigenvalue weighted by atomic mass is 19.4. The summed E-state index contributed by atoms with van der Waals surface area (Å²) in [6.07, 6.45) is 1.43. The Morgan fingerprint density at radius 1 is 1.13 bits per heavy atom. The van der Waals surface area contributed by atoms with Crippen molar-refractivity contribution in [2.75, 3.05) is 57.6 Å². The lowest BCUT2D eigenvalue weighted by Crippen LogP contribution is -2.59. The number of rotatable bonds is 9. The smallest absolute Gasteiger partial charge is 0.416 e. The van der Waals surface area contributed by atoms with E-state index in [1.165, 1.54) is 12.1 Å². The van der Waals surface area contributed by atoms with Crippen molar-refractivity contribution in [3.8, 4) is 17.0 Å². The number of nitrogen functional groups attached to an aromatic ring is 1. The fraction of sp³-hybridized carbons (Fsp3) is 0.406. The highest BCUT2D eigenvalue weighted by molar-refractivity contribution is 6.04. The molecule has 47 heavy (non-hydrogen) atoms. The molecule has 5 heterocycles. The number of nitrogens with two attached hydrogens (primary N) is 1. The van der Waals surface area contributed by atoms with E-state index < -0.39 is 17.6 Å². The molecule has 4 aromatic rings. The normalized spacial score (nSPS) is 18.7. The molecular formula is C32H35F3N8O4. The second-order valence-corrected chi connectivity index (χ2v) is 11.6. The maximum absolute atomic E-state index is 13.2. The summed E-state index contributed by atoms with van der Waals surface area (Å²) in [4.78, 5) is 43.6. The van der Waals surface area contributed by atoms with Gasteiger partial charge in [0.2, 0.25) is 5.91 Å². The van der Waals surface area contributed by atoms with Gasteiger partial charge in [-0.2, -0.15) is 13.2 Å². The lowest BCUT2D eigenvalue weighted by molar-refractivity contribution is -0.142. The molecule has 0 radical (unpaired) electrons. The van der Waals surface area contributed by atoms with Crippen LogP contribution in [0.15, 0.2) is 48.9 Å². The van der Waals surface area contributed by atoms with E-state index in [0.717, 1.165) is 43.5 Å². The zero-order valence-corrected chi connectivity index (χ0v) is 26.0. The van der Waals surface area contributed by atoms with Gasteiger partial charge in [-0.25, -0.2) is 15.0 Å². The van der Waals surface area contributed by atoms with Crippen molar-refractivity contribution in [3.63, 3.8) is 0 Å². The molecule has 1 aromatic carbocycles. The number of nitrogens with zero attached hydrogens (tertiary/aromatic N) is 6. The molecule has 0 spiro atoms. The number of piperidine rings is 1. The summed E-state index contributed by atoms with van der Waals surface area (Å²) in [6.45, 7) is 5.00. The number of hydrogen-bond acceptors (Lipinski definition) is 9. The first-order chi connectivity index (χ1) is 22.6. The lowest BCUT2D eigenvalue weighted by Gasteiger charge is -2.45. The number of ether oxygens (including phenoxy) is 2. The van der Waals surface area contributed by atoms with E-state index in [0.29, 0.717) is 48.8 Å². The van der Waals surface area contributed by atoms with Crippen LogP contribution in [0.5, 0.6) is 5.75 Å². The van der Waals surface area contributed by atoms with E-state index in [9.17, 15) is 22.8 Å². The summed E-state index contributed by atoms with van der Waals surface area (Å²) in [5.74, 6) is 0.430. The molecule has 0 aliphatic carbocycles. The number of hydrogen-bond donors (Lipinski definition) is 2. The average molecular weight is 653 g/mol. The summed E-state index contributed by atoms with van der Waals surface area (Å²) >= 11 is 0. The zero-order valence-electron chi connectivity index (χ0n) is 26.0. The molecule has 2 amide bonds. The maximum atomic E-state index is 13.2. The molecule has 2 aliphatic heterocycles. The highest BCUT2D eigenvalue weighted by Gasteiger charge is 2.39. The van der Waals surface area contributed by atoms with Gasteiger partial charge in [0, 0.05) is 68.4 Å². The summed E-state index contributed by atoms with van der Waals surface area (Å²) in [7, 11) is 1.65. The van der Waals surface area contributed by atoms with Crippen LogP contribution in [-0.4, -0.2) is 93.5 Å². The number of imidazole rings is 1. The van der Waals surface area contributed by atoms with Crippen molar-refractivity contribution < 1.29 is 32.2 Å². The van der Waals surface area contributed by atoms with Gasteiger partial charge in [0.05, 0.1) is 25.3 Å². The fourth-order valence-corrected chi connectivity index (χ4v) is 6.33. The second-order valence-electron chi connectivity index (χ2n) is 11.6. The van der Waals surface area contributed by atoms with Gasteiger partial charge in [-0.1, -0.05) is 0 Å².